The molecule has 0 radical (unpaired) electrons. The Morgan fingerprint density at radius 1 is 1.09 bits per heavy atom. The summed E-state index contributed by atoms with van der Waals surface area (Å²) in [4.78, 5) is 0.278. The number of hydrogen-bond acceptors (Lipinski definition) is 4. The SMILES string of the molecule is Cc1ccc(S(=O)(=O)NC2CC(C)(C)N(O)C(C)(C)C2)cc1.[Cl-]. The van der Waals surface area contributed by atoms with Crippen molar-refractivity contribution in [3.63, 3.8) is 0 Å². The van der Waals surface area contributed by atoms with E-state index in [0.29, 0.717) is 12.8 Å². The number of nitrogens with one attached hydrogen (secondary N) is 1. The highest BCUT2D eigenvalue weighted by Crippen LogP contribution is 2.37. The quantitative estimate of drug-likeness (QED) is 0.774. The Bertz CT molecular complexity index is 624. The summed E-state index contributed by atoms with van der Waals surface area (Å²) in [5.41, 5.74) is 0.0551. The Morgan fingerprint density at radius 3 is 1.96 bits per heavy atom. The summed E-state index contributed by atoms with van der Waals surface area (Å²) in [6.07, 6.45) is 1.11. The van der Waals surface area contributed by atoms with Crippen LogP contribution in [-0.4, -0.2) is 35.8 Å². The van der Waals surface area contributed by atoms with Crippen molar-refractivity contribution in [2.75, 3.05) is 0 Å². The lowest BCUT2D eigenvalue weighted by atomic mass is 9.79. The summed E-state index contributed by atoms with van der Waals surface area (Å²) in [6, 6.07) is 6.61. The van der Waals surface area contributed by atoms with E-state index < -0.39 is 21.1 Å². The van der Waals surface area contributed by atoms with Crippen molar-refractivity contribution in [2.24, 2.45) is 0 Å². The lowest BCUT2D eigenvalue weighted by Crippen LogP contribution is -3.00. The minimum absolute atomic E-state index is 0. The molecular formula is C16H26ClN2O3S-. The van der Waals surface area contributed by atoms with Crippen molar-refractivity contribution in [1.82, 2.24) is 9.79 Å². The van der Waals surface area contributed by atoms with E-state index in [1.54, 1.807) is 24.3 Å². The van der Waals surface area contributed by atoms with E-state index in [4.69, 9.17) is 0 Å². The predicted octanol–water partition coefficient (Wildman–Crippen LogP) is -0.312. The molecule has 0 aliphatic carbocycles. The van der Waals surface area contributed by atoms with Gasteiger partial charge in [-0.3, -0.25) is 0 Å². The van der Waals surface area contributed by atoms with Gasteiger partial charge in [-0.05, 0) is 59.6 Å². The molecule has 0 aromatic heterocycles. The molecule has 1 aliphatic heterocycles. The third-order valence-corrected chi connectivity index (χ3v) is 5.83. The minimum atomic E-state index is -3.54. The van der Waals surface area contributed by atoms with Gasteiger partial charge in [0, 0.05) is 17.1 Å². The van der Waals surface area contributed by atoms with Crippen molar-refractivity contribution < 1.29 is 26.0 Å². The second-order valence-corrected chi connectivity index (χ2v) is 9.19. The van der Waals surface area contributed by atoms with Crippen LogP contribution in [0.15, 0.2) is 29.2 Å². The number of hydrogen-bond donors (Lipinski definition) is 2. The van der Waals surface area contributed by atoms with Gasteiger partial charge in [0.15, 0.2) is 0 Å². The Balaban J connectivity index is 0.00000264. The summed E-state index contributed by atoms with van der Waals surface area (Å²) >= 11 is 0. The maximum atomic E-state index is 12.5. The number of aryl methyl sites for hydroxylation is 1. The molecule has 0 bridgehead atoms. The van der Waals surface area contributed by atoms with E-state index in [0.717, 1.165) is 5.56 Å². The van der Waals surface area contributed by atoms with Crippen LogP contribution in [-0.2, 0) is 10.0 Å². The monoisotopic (exact) mass is 361 g/mol. The molecule has 0 saturated carbocycles. The number of rotatable bonds is 3. The van der Waals surface area contributed by atoms with Gasteiger partial charge >= 0.3 is 0 Å². The van der Waals surface area contributed by atoms with Gasteiger partial charge in [0.2, 0.25) is 10.0 Å². The topological polar surface area (TPSA) is 69.6 Å². The molecule has 7 heteroatoms. The lowest BCUT2D eigenvalue weighted by Gasteiger charge is -2.51. The molecule has 2 N–H and O–H groups in total. The van der Waals surface area contributed by atoms with E-state index in [2.05, 4.69) is 4.72 Å². The Labute approximate surface area is 145 Å². The Morgan fingerprint density at radius 2 is 1.52 bits per heavy atom. The van der Waals surface area contributed by atoms with Crippen molar-refractivity contribution in [3.05, 3.63) is 29.8 Å². The molecule has 0 amide bonds. The molecule has 5 nitrogen and oxygen atoms in total. The standard InChI is InChI=1S/C16H26N2O3S.ClH/c1-12-6-8-14(9-7-12)22(20,21)17-13-10-15(2,3)18(19)16(4,5)11-13;/h6-9,13,17,19H,10-11H2,1-5H3;1H/p-1. The molecule has 1 aromatic rings. The number of hydroxylamine groups is 2. The number of benzene rings is 1. The second-order valence-electron chi connectivity index (χ2n) is 7.48. The molecule has 1 saturated heterocycles. The predicted molar refractivity (Wildman–Crippen MR) is 86.3 cm³/mol. The first-order valence-corrected chi connectivity index (χ1v) is 9.01. The Hall–Kier alpha value is -0.660. The molecule has 2 rings (SSSR count). The molecule has 0 unspecified atom stereocenters. The lowest BCUT2D eigenvalue weighted by molar-refractivity contribution is -0.245. The van der Waals surface area contributed by atoms with Gasteiger partial charge < -0.3 is 17.6 Å². The average molecular weight is 362 g/mol. The third kappa shape index (κ3) is 4.45. The highest BCUT2D eigenvalue weighted by molar-refractivity contribution is 7.89. The molecule has 1 heterocycles. The van der Waals surface area contributed by atoms with Crippen LogP contribution < -0.4 is 17.1 Å². The van der Waals surface area contributed by atoms with E-state index in [-0.39, 0.29) is 23.3 Å². The maximum absolute atomic E-state index is 12.5. The fourth-order valence-electron chi connectivity index (χ4n) is 3.36. The van der Waals surface area contributed by atoms with Gasteiger partial charge in [-0.25, -0.2) is 13.1 Å². The number of halogens is 1. The van der Waals surface area contributed by atoms with E-state index in [9.17, 15) is 13.6 Å². The van der Waals surface area contributed by atoms with E-state index >= 15 is 0 Å². The van der Waals surface area contributed by atoms with E-state index in [1.807, 2.05) is 34.6 Å². The highest BCUT2D eigenvalue weighted by atomic mass is 35.5. The zero-order chi connectivity index (χ0) is 16.8. The normalized spacial score (nSPS) is 21.7. The van der Waals surface area contributed by atoms with Crippen molar-refractivity contribution in [1.29, 1.82) is 0 Å². The number of piperidine rings is 1. The van der Waals surface area contributed by atoms with Crippen molar-refractivity contribution >= 4 is 10.0 Å². The first-order chi connectivity index (χ1) is 9.94. The first kappa shape index (κ1) is 20.4. The number of nitrogens with zero attached hydrogens (tertiary/aromatic N) is 1. The average Bonchev–Trinajstić information content (AvgIpc) is 2.35. The van der Waals surface area contributed by atoms with Crippen LogP contribution in [0.4, 0.5) is 0 Å². The summed E-state index contributed by atoms with van der Waals surface area (Å²) in [7, 11) is -3.54. The third-order valence-electron chi connectivity index (χ3n) is 4.29. The van der Waals surface area contributed by atoms with E-state index in [1.165, 1.54) is 5.06 Å². The summed E-state index contributed by atoms with van der Waals surface area (Å²) in [6.45, 7) is 9.59. The van der Waals surface area contributed by atoms with Crippen molar-refractivity contribution in [2.45, 2.75) is 69.5 Å². The summed E-state index contributed by atoms with van der Waals surface area (Å²) in [5, 5.41) is 11.6. The maximum Gasteiger partial charge on any atom is 0.240 e. The number of sulfonamides is 1. The van der Waals surface area contributed by atoms with Gasteiger partial charge in [0.1, 0.15) is 0 Å². The molecule has 23 heavy (non-hydrogen) atoms. The molecule has 1 aromatic carbocycles. The fourth-order valence-corrected chi connectivity index (χ4v) is 4.59. The van der Waals surface area contributed by atoms with Crippen LogP contribution in [0.3, 0.4) is 0 Å². The van der Waals surface area contributed by atoms with Crippen LogP contribution in [0.5, 0.6) is 0 Å². The first-order valence-electron chi connectivity index (χ1n) is 7.52. The van der Waals surface area contributed by atoms with Gasteiger partial charge in [-0.2, -0.15) is 5.06 Å². The van der Waals surface area contributed by atoms with Gasteiger partial charge in [-0.1, -0.05) is 17.7 Å². The fraction of sp³-hybridized carbons (Fsp3) is 0.625. The molecule has 1 fully saturated rings. The molecule has 0 spiro atoms. The van der Waals surface area contributed by atoms with Crippen LogP contribution in [0.1, 0.15) is 46.1 Å². The Kier molecular flexibility index (Phi) is 5.93. The summed E-state index contributed by atoms with van der Waals surface area (Å²) < 4.78 is 27.9. The van der Waals surface area contributed by atoms with Crippen LogP contribution in [0.25, 0.3) is 0 Å². The van der Waals surface area contributed by atoms with Crippen LogP contribution in [0.2, 0.25) is 0 Å². The van der Waals surface area contributed by atoms with Crippen LogP contribution >= 0.6 is 0 Å². The zero-order valence-corrected chi connectivity index (χ0v) is 15.9. The largest absolute Gasteiger partial charge is 1.00 e. The van der Waals surface area contributed by atoms with Crippen molar-refractivity contribution in [3.8, 4) is 0 Å². The highest BCUT2D eigenvalue weighted by Gasteiger charge is 2.45. The van der Waals surface area contributed by atoms with Gasteiger partial charge in [0.05, 0.1) is 4.90 Å². The van der Waals surface area contributed by atoms with Gasteiger partial charge in [0.25, 0.3) is 0 Å². The molecule has 0 atom stereocenters. The second kappa shape index (κ2) is 6.69. The molecule has 132 valence electrons. The molecule has 1 aliphatic rings. The zero-order valence-electron chi connectivity index (χ0n) is 14.3. The van der Waals surface area contributed by atoms with Crippen LogP contribution in [0, 0.1) is 6.92 Å². The molecular weight excluding hydrogens is 336 g/mol. The van der Waals surface area contributed by atoms with Gasteiger partial charge in [-0.15, -0.1) is 0 Å². The smallest absolute Gasteiger partial charge is 0.240 e. The minimum Gasteiger partial charge on any atom is -1.00 e. The summed E-state index contributed by atoms with van der Waals surface area (Å²) in [5.74, 6) is 0.